The molecule has 0 amide bonds. The number of thioether (sulfide) groups is 1. The van der Waals surface area contributed by atoms with Crippen molar-refractivity contribution in [1.82, 2.24) is 5.06 Å². The predicted octanol–water partition coefficient (Wildman–Crippen LogP) is 0.123. The van der Waals surface area contributed by atoms with Gasteiger partial charge in [0.1, 0.15) is 0 Å². The van der Waals surface area contributed by atoms with E-state index < -0.39 is 0 Å². The molecule has 0 unspecified atom stereocenters. The molecule has 1 heterocycles. The third kappa shape index (κ3) is 2.24. The van der Waals surface area contributed by atoms with Gasteiger partial charge in [0, 0.05) is 24.6 Å². The Hall–Kier alpha value is -0.220. The summed E-state index contributed by atoms with van der Waals surface area (Å²) in [4.78, 5) is 14.4. The Morgan fingerprint density at radius 1 is 1.44 bits per heavy atom. The van der Waals surface area contributed by atoms with Gasteiger partial charge in [0.05, 0.1) is 0 Å². The standard InChI is InChI=1S/C5H9NO2S/c7-5-8-6-1-3-9-4-2-6/h5H,1-4H2. The van der Waals surface area contributed by atoms with Crippen LogP contribution in [0, 0.1) is 0 Å². The molecule has 1 aliphatic heterocycles. The normalized spacial score (nSPS) is 21.3. The first kappa shape index (κ1) is 6.89. The molecule has 1 aliphatic rings. The van der Waals surface area contributed by atoms with Crippen molar-refractivity contribution < 1.29 is 9.63 Å². The summed E-state index contributed by atoms with van der Waals surface area (Å²) in [6.07, 6.45) is 0. The van der Waals surface area contributed by atoms with Crippen LogP contribution < -0.4 is 0 Å². The summed E-state index contributed by atoms with van der Waals surface area (Å²) in [6, 6.07) is 0. The molecule has 0 N–H and O–H groups in total. The van der Waals surface area contributed by atoms with E-state index in [1.807, 2.05) is 11.8 Å². The average molecular weight is 147 g/mol. The Labute approximate surface area is 58.3 Å². The van der Waals surface area contributed by atoms with Crippen molar-refractivity contribution in [3.63, 3.8) is 0 Å². The fourth-order valence-corrected chi connectivity index (χ4v) is 1.58. The molecule has 0 spiro atoms. The van der Waals surface area contributed by atoms with Gasteiger partial charge in [-0.15, -0.1) is 5.06 Å². The van der Waals surface area contributed by atoms with Crippen molar-refractivity contribution in [3.05, 3.63) is 0 Å². The van der Waals surface area contributed by atoms with Gasteiger partial charge in [-0.25, -0.2) is 0 Å². The molecule has 0 aromatic heterocycles. The van der Waals surface area contributed by atoms with Gasteiger partial charge in [-0.2, -0.15) is 11.8 Å². The minimum atomic E-state index is 0.482. The van der Waals surface area contributed by atoms with Crippen LogP contribution in [0.15, 0.2) is 0 Å². The first-order chi connectivity index (χ1) is 4.43. The number of hydroxylamine groups is 2. The number of rotatable bonds is 2. The van der Waals surface area contributed by atoms with Crippen LogP contribution in [-0.2, 0) is 9.63 Å². The molecule has 0 radical (unpaired) electrons. The largest absolute Gasteiger partial charge is 0.371 e. The summed E-state index contributed by atoms with van der Waals surface area (Å²) in [6.45, 7) is 2.21. The fraction of sp³-hybridized carbons (Fsp3) is 0.800. The minimum Gasteiger partial charge on any atom is -0.371 e. The summed E-state index contributed by atoms with van der Waals surface area (Å²) >= 11 is 1.89. The highest BCUT2D eigenvalue weighted by Gasteiger charge is 2.09. The number of hydrogen-bond acceptors (Lipinski definition) is 4. The van der Waals surface area contributed by atoms with Crippen LogP contribution >= 0.6 is 11.8 Å². The molecular formula is C5H9NO2S. The van der Waals surface area contributed by atoms with Gasteiger partial charge >= 0.3 is 6.47 Å². The smallest absolute Gasteiger partial charge is 0.312 e. The van der Waals surface area contributed by atoms with Crippen LogP contribution in [0.1, 0.15) is 0 Å². The van der Waals surface area contributed by atoms with Crippen LogP contribution in [0.4, 0.5) is 0 Å². The lowest BCUT2D eigenvalue weighted by molar-refractivity contribution is -0.171. The quantitative estimate of drug-likeness (QED) is 0.519. The van der Waals surface area contributed by atoms with Gasteiger partial charge in [-0.1, -0.05) is 0 Å². The van der Waals surface area contributed by atoms with Crippen molar-refractivity contribution in [2.75, 3.05) is 24.6 Å². The van der Waals surface area contributed by atoms with Gasteiger partial charge in [0.2, 0.25) is 0 Å². The molecule has 3 nitrogen and oxygen atoms in total. The van der Waals surface area contributed by atoms with Gasteiger partial charge in [-0.05, 0) is 0 Å². The maximum atomic E-state index is 9.80. The van der Waals surface area contributed by atoms with E-state index in [9.17, 15) is 4.79 Å². The zero-order valence-electron chi connectivity index (χ0n) is 5.08. The second-order valence-corrected chi connectivity index (χ2v) is 2.97. The molecule has 4 heteroatoms. The van der Waals surface area contributed by atoms with E-state index in [1.165, 1.54) is 0 Å². The summed E-state index contributed by atoms with van der Waals surface area (Å²) in [7, 11) is 0. The average Bonchev–Trinajstić information content (AvgIpc) is 1.91. The van der Waals surface area contributed by atoms with E-state index in [4.69, 9.17) is 0 Å². The lowest BCUT2D eigenvalue weighted by Crippen LogP contribution is -2.32. The van der Waals surface area contributed by atoms with Crippen molar-refractivity contribution in [1.29, 1.82) is 0 Å². The summed E-state index contributed by atoms with van der Waals surface area (Å²) in [5, 5.41) is 1.68. The van der Waals surface area contributed by atoms with E-state index >= 15 is 0 Å². The zero-order valence-corrected chi connectivity index (χ0v) is 5.89. The van der Waals surface area contributed by atoms with Gasteiger partial charge < -0.3 is 4.84 Å². The van der Waals surface area contributed by atoms with Crippen molar-refractivity contribution in [2.24, 2.45) is 0 Å². The first-order valence-corrected chi connectivity index (χ1v) is 4.02. The maximum Gasteiger partial charge on any atom is 0.312 e. The summed E-state index contributed by atoms with van der Waals surface area (Å²) in [5.74, 6) is 2.13. The number of nitrogens with zero attached hydrogens (tertiary/aromatic N) is 1. The predicted molar refractivity (Wildman–Crippen MR) is 36.0 cm³/mol. The van der Waals surface area contributed by atoms with Crippen LogP contribution in [0.5, 0.6) is 0 Å². The third-order valence-electron chi connectivity index (χ3n) is 1.16. The van der Waals surface area contributed by atoms with Crippen molar-refractivity contribution >= 4 is 18.2 Å². The topological polar surface area (TPSA) is 29.5 Å². The molecule has 0 aromatic carbocycles. The Morgan fingerprint density at radius 2 is 2.11 bits per heavy atom. The second kappa shape index (κ2) is 3.74. The van der Waals surface area contributed by atoms with E-state index in [1.54, 1.807) is 5.06 Å². The highest BCUT2D eigenvalue weighted by atomic mass is 32.2. The lowest BCUT2D eigenvalue weighted by Gasteiger charge is -2.22. The molecule has 0 saturated carbocycles. The van der Waals surface area contributed by atoms with Crippen molar-refractivity contribution in [2.45, 2.75) is 0 Å². The fourth-order valence-electron chi connectivity index (χ4n) is 0.713. The Balaban J connectivity index is 2.15. The number of hydrogen-bond donors (Lipinski definition) is 0. The van der Waals surface area contributed by atoms with Crippen LogP contribution in [0.2, 0.25) is 0 Å². The minimum absolute atomic E-state index is 0.482. The number of carbonyl (C=O) groups excluding carboxylic acids is 1. The molecule has 0 aromatic rings. The maximum absolute atomic E-state index is 9.80. The van der Waals surface area contributed by atoms with Gasteiger partial charge in [0.25, 0.3) is 0 Å². The second-order valence-electron chi connectivity index (χ2n) is 1.74. The van der Waals surface area contributed by atoms with Crippen LogP contribution in [0.25, 0.3) is 0 Å². The number of carbonyl (C=O) groups is 1. The van der Waals surface area contributed by atoms with Crippen LogP contribution in [0.3, 0.4) is 0 Å². The molecule has 1 saturated heterocycles. The Bertz CT molecular complexity index is 93.0. The van der Waals surface area contributed by atoms with Crippen molar-refractivity contribution in [3.8, 4) is 0 Å². The lowest BCUT2D eigenvalue weighted by atomic mass is 10.6. The molecule has 1 fully saturated rings. The Kier molecular flexibility index (Phi) is 2.86. The molecular weight excluding hydrogens is 138 g/mol. The summed E-state index contributed by atoms with van der Waals surface area (Å²) in [5.41, 5.74) is 0. The first-order valence-electron chi connectivity index (χ1n) is 2.86. The highest BCUT2D eigenvalue weighted by molar-refractivity contribution is 7.99. The van der Waals surface area contributed by atoms with Gasteiger partial charge in [0.15, 0.2) is 0 Å². The van der Waals surface area contributed by atoms with E-state index in [0.29, 0.717) is 6.47 Å². The SMILES string of the molecule is O=CON1CCSCC1. The zero-order chi connectivity index (χ0) is 6.53. The van der Waals surface area contributed by atoms with E-state index in [0.717, 1.165) is 24.6 Å². The van der Waals surface area contributed by atoms with Gasteiger partial charge in [-0.3, -0.25) is 4.79 Å². The van der Waals surface area contributed by atoms with Crippen LogP contribution in [-0.4, -0.2) is 36.1 Å². The van der Waals surface area contributed by atoms with E-state index in [-0.39, 0.29) is 0 Å². The molecule has 0 aliphatic carbocycles. The Morgan fingerprint density at radius 3 is 2.67 bits per heavy atom. The third-order valence-corrected chi connectivity index (χ3v) is 2.10. The molecule has 0 atom stereocenters. The molecule has 52 valence electrons. The monoisotopic (exact) mass is 147 g/mol. The highest BCUT2D eigenvalue weighted by Crippen LogP contribution is 2.07. The molecule has 0 bridgehead atoms. The summed E-state index contributed by atoms with van der Waals surface area (Å²) < 4.78 is 0. The molecule has 1 rings (SSSR count). The molecule has 9 heavy (non-hydrogen) atoms. The van der Waals surface area contributed by atoms with E-state index in [2.05, 4.69) is 4.84 Å².